The summed E-state index contributed by atoms with van der Waals surface area (Å²) in [5.74, 6) is -2.45. The smallest absolute Gasteiger partial charge is 0.253 e. The number of benzene rings is 1. The van der Waals surface area contributed by atoms with Gasteiger partial charge < -0.3 is 29.4 Å². The number of aliphatic hydroxyl groups is 1. The Morgan fingerprint density at radius 1 is 0.930 bits per heavy atom. The van der Waals surface area contributed by atoms with E-state index in [2.05, 4.69) is 18.7 Å². The molecule has 9 nitrogen and oxygen atoms in total. The fraction of sp³-hybridized carbons (Fsp3) is 0.618. The topological polar surface area (TPSA) is 93.6 Å². The van der Waals surface area contributed by atoms with Crippen LogP contribution in [0.15, 0.2) is 48.6 Å². The number of amides is 3. The van der Waals surface area contributed by atoms with E-state index in [1.807, 2.05) is 81.2 Å². The molecule has 3 amide bonds. The van der Waals surface area contributed by atoms with Gasteiger partial charge in [-0.3, -0.25) is 14.4 Å². The Kier molecular flexibility index (Phi) is 8.78. The summed E-state index contributed by atoms with van der Waals surface area (Å²) in [4.78, 5) is 51.1. The third kappa shape index (κ3) is 4.79. The molecule has 2 fully saturated rings. The fourth-order valence-electron chi connectivity index (χ4n) is 7.86. The van der Waals surface area contributed by atoms with Gasteiger partial charge in [0.15, 0.2) is 0 Å². The Hall–Kier alpha value is -3.17. The number of ether oxygens (including phenoxy) is 1. The number of fused-ring (bicyclic) bond motifs is 2. The van der Waals surface area contributed by atoms with Gasteiger partial charge in [-0.2, -0.15) is 0 Å². The second-order valence-electron chi connectivity index (χ2n) is 12.6. The minimum atomic E-state index is -1.34. The molecule has 4 heterocycles. The SMILES string of the molecule is CCCN1CC=C[C@@]2(CC)O[C@]34C=CCN(c5ccc(N(CC)CC)cc5)C(=O)C3N([C@@H](CO)C(C)C)C(=O)[C@@H]4[C@H]2C1=O. The van der Waals surface area contributed by atoms with Gasteiger partial charge in [0.2, 0.25) is 11.8 Å². The third-order valence-corrected chi connectivity index (χ3v) is 10.1. The van der Waals surface area contributed by atoms with Crippen LogP contribution in [-0.4, -0.2) is 95.2 Å². The first-order chi connectivity index (χ1) is 20.6. The van der Waals surface area contributed by atoms with Gasteiger partial charge in [-0.05, 0) is 56.9 Å². The van der Waals surface area contributed by atoms with Crippen LogP contribution in [0.25, 0.3) is 0 Å². The van der Waals surface area contributed by atoms with Gasteiger partial charge in [-0.15, -0.1) is 0 Å². The van der Waals surface area contributed by atoms with Crippen molar-refractivity contribution in [3.05, 3.63) is 48.6 Å². The zero-order chi connectivity index (χ0) is 31.1. The van der Waals surface area contributed by atoms with Crippen molar-refractivity contribution in [3.63, 3.8) is 0 Å². The molecule has 4 aliphatic heterocycles. The molecule has 2 saturated heterocycles. The van der Waals surface area contributed by atoms with E-state index in [9.17, 15) is 19.5 Å². The summed E-state index contributed by atoms with van der Waals surface area (Å²) in [5.41, 5.74) is -0.553. The van der Waals surface area contributed by atoms with E-state index in [4.69, 9.17) is 4.74 Å². The number of carbonyl (C=O) groups is 3. The van der Waals surface area contributed by atoms with Crippen LogP contribution in [0.2, 0.25) is 0 Å². The number of aliphatic hydroxyl groups excluding tert-OH is 1. The molecular weight excluding hydrogens is 544 g/mol. The molecule has 234 valence electrons. The maximum Gasteiger partial charge on any atom is 0.253 e. The van der Waals surface area contributed by atoms with Gasteiger partial charge in [0.25, 0.3) is 5.91 Å². The van der Waals surface area contributed by atoms with Crippen LogP contribution in [0.4, 0.5) is 11.4 Å². The second-order valence-corrected chi connectivity index (χ2v) is 12.6. The Morgan fingerprint density at radius 2 is 1.60 bits per heavy atom. The number of hydrogen-bond donors (Lipinski definition) is 1. The first-order valence-electron chi connectivity index (χ1n) is 16.1. The predicted molar refractivity (Wildman–Crippen MR) is 168 cm³/mol. The highest BCUT2D eigenvalue weighted by Crippen LogP contribution is 2.59. The van der Waals surface area contributed by atoms with Crippen molar-refractivity contribution < 1.29 is 24.2 Å². The summed E-state index contributed by atoms with van der Waals surface area (Å²) in [7, 11) is 0. The van der Waals surface area contributed by atoms with Crippen molar-refractivity contribution in [2.24, 2.45) is 17.8 Å². The first kappa shape index (κ1) is 31.3. The van der Waals surface area contributed by atoms with Crippen LogP contribution >= 0.6 is 0 Å². The molecule has 6 atom stereocenters. The molecule has 0 aromatic heterocycles. The van der Waals surface area contributed by atoms with E-state index in [1.54, 1.807) is 9.80 Å². The lowest BCUT2D eigenvalue weighted by atomic mass is 9.73. The largest absolute Gasteiger partial charge is 0.394 e. The molecule has 9 heteroatoms. The predicted octanol–water partition coefficient (Wildman–Crippen LogP) is 3.62. The number of likely N-dealkylation sites (tertiary alicyclic amines) is 1. The lowest BCUT2D eigenvalue weighted by Crippen LogP contribution is -2.60. The molecule has 1 aromatic rings. The summed E-state index contributed by atoms with van der Waals surface area (Å²) in [6.45, 7) is 14.9. The molecule has 0 bridgehead atoms. The van der Waals surface area contributed by atoms with Crippen LogP contribution < -0.4 is 9.80 Å². The average Bonchev–Trinajstić information content (AvgIpc) is 3.29. The minimum Gasteiger partial charge on any atom is -0.394 e. The van der Waals surface area contributed by atoms with Gasteiger partial charge >= 0.3 is 0 Å². The van der Waals surface area contributed by atoms with Crippen molar-refractivity contribution in [3.8, 4) is 0 Å². The van der Waals surface area contributed by atoms with Crippen molar-refractivity contribution in [1.82, 2.24) is 9.80 Å². The summed E-state index contributed by atoms with van der Waals surface area (Å²) in [5, 5.41) is 10.6. The third-order valence-electron chi connectivity index (χ3n) is 10.1. The molecule has 5 rings (SSSR count). The van der Waals surface area contributed by atoms with E-state index in [0.717, 1.165) is 30.9 Å². The standard InChI is InChI=1S/C34H48N4O5/c1-7-19-36-20-11-17-33(8-2)27(30(36)40)28-31(41)38(26(22-39)23(5)6)29-32(42)37(21-12-18-34(28,29)43-33)25-15-13-24(14-16-25)35(9-3)10-4/h11-18,23,26-29,39H,7-10,19-22H2,1-6H3/t26-,27-,28-,29?,33+,34-/m0/s1. The lowest BCUT2D eigenvalue weighted by Gasteiger charge is -2.41. The highest BCUT2D eigenvalue weighted by Gasteiger charge is 2.76. The molecule has 0 aliphatic carbocycles. The highest BCUT2D eigenvalue weighted by atomic mass is 16.5. The molecule has 4 aliphatic rings. The zero-order valence-electron chi connectivity index (χ0n) is 26.5. The fourth-order valence-corrected chi connectivity index (χ4v) is 7.86. The molecule has 43 heavy (non-hydrogen) atoms. The average molecular weight is 593 g/mol. The minimum absolute atomic E-state index is 0.108. The molecule has 1 unspecified atom stereocenters. The van der Waals surface area contributed by atoms with E-state index >= 15 is 0 Å². The van der Waals surface area contributed by atoms with Gasteiger partial charge in [0, 0.05) is 44.1 Å². The number of anilines is 2. The number of nitrogens with zero attached hydrogens (tertiary/aromatic N) is 4. The number of hydrogen-bond acceptors (Lipinski definition) is 6. The highest BCUT2D eigenvalue weighted by molar-refractivity contribution is 6.06. The molecule has 0 saturated carbocycles. The summed E-state index contributed by atoms with van der Waals surface area (Å²) in [6.07, 6.45) is 9.02. The van der Waals surface area contributed by atoms with Gasteiger partial charge in [-0.1, -0.05) is 52.0 Å². The summed E-state index contributed by atoms with van der Waals surface area (Å²) >= 11 is 0. The maximum atomic E-state index is 14.8. The summed E-state index contributed by atoms with van der Waals surface area (Å²) < 4.78 is 7.06. The Balaban J connectivity index is 1.64. The van der Waals surface area contributed by atoms with Gasteiger partial charge in [0.05, 0.1) is 30.1 Å². The van der Waals surface area contributed by atoms with Crippen LogP contribution in [0.1, 0.15) is 54.4 Å². The first-order valence-corrected chi connectivity index (χ1v) is 16.1. The Morgan fingerprint density at radius 3 is 2.19 bits per heavy atom. The van der Waals surface area contributed by atoms with Crippen LogP contribution in [0.5, 0.6) is 0 Å². The van der Waals surface area contributed by atoms with Crippen molar-refractivity contribution in [1.29, 1.82) is 0 Å². The normalized spacial score (nSPS) is 30.8. The van der Waals surface area contributed by atoms with E-state index < -0.39 is 35.1 Å². The van der Waals surface area contributed by atoms with Gasteiger partial charge in [-0.25, -0.2) is 0 Å². The Labute approximate surface area is 256 Å². The van der Waals surface area contributed by atoms with Crippen LogP contribution in [0, 0.1) is 17.8 Å². The number of carbonyl (C=O) groups excluding carboxylic acids is 3. The van der Waals surface area contributed by atoms with E-state index in [0.29, 0.717) is 26.1 Å². The van der Waals surface area contributed by atoms with Crippen LogP contribution in [0.3, 0.4) is 0 Å². The summed E-state index contributed by atoms with van der Waals surface area (Å²) in [6, 6.07) is 6.31. The van der Waals surface area contributed by atoms with Crippen molar-refractivity contribution >= 4 is 29.1 Å². The monoisotopic (exact) mass is 592 g/mol. The molecule has 1 aromatic carbocycles. The molecule has 0 radical (unpaired) electrons. The van der Waals surface area contributed by atoms with Crippen LogP contribution in [-0.2, 0) is 19.1 Å². The second kappa shape index (κ2) is 12.1. The Bertz CT molecular complexity index is 1270. The van der Waals surface area contributed by atoms with E-state index in [-0.39, 0.29) is 30.2 Å². The lowest BCUT2D eigenvalue weighted by molar-refractivity contribution is -0.153. The van der Waals surface area contributed by atoms with E-state index in [1.165, 1.54) is 0 Å². The zero-order valence-corrected chi connectivity index (χ0v) is 26.5. The quantitative estimate of drug-likeness (QED) is 0.418. The van der Waals surface area contributed by atoms with Crippen molar-refractivity contribution in [2.75, 3.05) is 49.1 Å². The molecular formula is C34H48N4O5. The molecule has 1 N–H and O–H groups in total. The number of rotatable bonds is 10. The van der Waals surface area contributed by atoms with Crippen molar-refractivity contribution in [2.45, 2.75) is 77.7 Å². The van der Waals surface area contributed by atoms with Gasteiger partial charge in [0.1, 0.15) is 11.6 Å². The maximum absolute atomic E-state index is 14.8. The molecule has 1 spiro atoms.